The molecule has 0 bridgehead atoms. The molecular formula is C13H8F6N2O2. The number of carbonyl (C=O) groups excluding carboxylic acids is 1. The number of alkyl halides is 6. The van der Waals surface area contributed by atoms with E-state index in [1.54, 1.807) is 0 Å². The van der Waals surface area contributed by atoms with Gasteiger partial charge in [0.05, 0.1) is 0 Å². The summed E-state index contributed by atoms with van der Waals surface area (Å²) in [4.78, 5) is 10.8. The second-order valence-corrected chi connectivity index (χ2v) is 4.17. The third-order valence-corrected chi connectivity index (χ3v) is 2.41. The number of halogens is 6. The van der Waals surface area contributed by atoms with Crippen molar-refractivity contribution in [3.8, 4) is 11.8 Å². The minimum atomic E-state index is -5.78. The van der Waals surface area contributed by atoms with Crippen molar-refractivity contribution in [2.45, 2.75) is 18.5 Å². The fourth-order valence-electron chi connectivity index (χ4n) is 1.36. The number of benzene rings is 1. The Hall–Kier alpha value is -2.70. The lowest BCUT2D eigenvalue weighted by atomic mass is 10.1. The van der Waals surface area contributed by atoms with Gasteiger partial charge in [-0.2, -0.15) is 27.2 Å². The van der Waals surface area contributed by atoms with Crippen molar-refractivity contribution in [3.05, 3.63) is 35.4 Å². The van der Waals surface area contributed by atoms with E-state index in [4.69, 9.17) is 11.0 Å². The van der Waals surface area contributed by atoms with E-state index in [0.717, 1.165) is 30.3 Å². The van der Waals surface area contributed by atoms with Crippen LogP contribution in [0.25, 0.3) is 6.08 Å². The molecule has 0 aliphatic heterocycles. The second-order valence-electron chi connectivity index (χ2n) is 4.17. The highest BCUT2D eigenvalue weighted by molar-refractivity contribution is 6.00. The number of hydrogen-bond acceptors (Lipinski definition) is 3. The number of carbonyl (C=O) groups is 1. The van der Waals surface area contributed by atoms with Crippen molar-refractivity contribution in [1.82, 2.24) is 0 Å². The van der Waals surface area contributed by atoms with Crippen molar-refractivity contribution in [1.29, 1.82) is 5.26 Å². The number of hydrogen-bond donors (Lipinski definition) is 1. The molecule has 0 unspecified atom stereocenters. The molecule has 1 amide bonds. The molecule has 1 aromatic carbocycles. The number of ether oxygens (including phenoxy) is 1. The summed E-state index contributed by atoms with van der Waals surface area (Å²) < 4.78 is 78.3. The van der Waals surface area contributed by atoms with Crippen molar-refractivity contribution < 1.29 is 35.9 Å². The van der Waals surface area contributed by atoms with Gasteiger partial charge in [0.2, 0.25) is 0 Å². The maximum atomic E-state index is 13.0. The molecule has 0 aliphatic carbocycles. The van der Waals surface area contributed by atoms with Crippen LogP contribution in [-0.2, 0) is 4.79 Å². The molecule has 2 N–H and O–H groups in total. The molecule has 10 heteroatoms. The lowest BCUT2D eigenvalue weighted by Crippen LogP contribution is -2.45. The Labute approximate surface area is 125 Å². The molecule has 23 heavy (non-hydrogen) atoms. The molecule has 1 rings (SSSR count). The Bertz CT molecular complexity index is 646. The topological polar surface area (TPSA) is 76.1 Å². The summed E-state index contributed by atoms with van der Waals surface area (Å²) in [5.74, 6) is -1.76. The molecule has 0 radical (unpaired) electrons. The largest absolute Gasteiger partial charge is 0.439 e. The first kappa shape index (κ1) is 18.3. The summed E-state index contributed by atoms with van der Waals surface area (Å²) in [5.41, 5.74) is 4.62. The van der Waals surface area contributed by atoms with Gasteiger partial charge in [-0.15, -0.1) is 0 Å². The maximum Gasteiger partial charge on any atom is 0.439 e. The van der Waals surface area contributed by atoms with E-state index in [0.29, 0.717) is 0 Å². The maximum absolute atomic E-state index is 13.0. The first-order valence-corrected chi connectivity index (χ1v) is 5.76. The zero-order chi connectivity index (χ0) is 17.8. The first-order chi connectivity index (χ1) is 10.5. The number of amides is 1. The fourth-order valence-corrected chi connectivity index (χ4v) is 1.36. The summed E-state index contributed by atoms with van der Waals surface area (Å²) in [7, 11) is 0. The summed E-state index contributed by atoms with van der Waals surface area (Å²) >= 11 is 0. The molecule has 0 heterocycles. The van der Waals surface area contributed by atoms with E-state index in [9.17, 15) is 31.1 Å². The molecule has 0 aromatic heterocycles. The highest BCUT2D eigenvalue weighted by atomic mass is 19.4. The van der Waals surface area contributed by atoms with Gasteiger partial charge in [0.1, 0.15) is 17.4 Å². The zero-order valence-electron chi connectivity index (χ0n) is 11.1. The van der Waals surface area contributed by atoms with Crippen LogP contribution in [-0.4, -0.2) is 24.4 Å². The molecule has 124 valence electrons. The van der Waals surface area contributed by atoms with Crippen molar-refractivity contribution >= 4 is 12.0 Å². The van der Waals surface area contributed by atoms with Gasteiger partial charge in [-0.05, 0) is 23.8 Å². The van der Waals surface area contributed by atoms with Crippen LogP contribution in [0.4, 0.5) is 26.3 Å². The van der Waals surface area contributed by atoms with Gasteiger partial charge in [-0.25, -0.2) is 4.39 Å². The average Bonchev–Trinajstić information content (AvgIpc) is 2.44. The van der Waals surface area contributed by atoms with Gasteiger partial charge < -0.3 is 10.5 Å². The number of rotatable bonds is 5. The average molecular weight is 338 g/mol. The number of nitrogens with zero attached hydrogens (tertiary/aromatic N) is 1. The molecule has 4 nitrogen and oxygen atoms in total. The van der Waals surface area contributed by atoms with E-state index in [2.05, 4.69) is 4.74 Å². The molecule has 0 spiro atoms. The predicted molar refractivity (Wildman–Crippen MR) is 65.8 cm³/mol. The van der Waals surface area contributed by atoms with Crippen LogP contribution >= 0.6 is 0 Å². The number of nitrogens with two attached hydrogens (primary N) is 1. The van der Waals surface area contributed by atoms with Gasteiger partial charge >= 0.3 is 12.3 Å². The van der Waals surface area contributed by atoms with Crippen LogP contribution in [0, 0.1) is 11.3 Å². The summed E-state index contributed by atoms with van der Waals surface area (Å²) in [6, 6.07) is 5.26. The van der Waals surface area contributed by atoms with Crippen LogP contribution in [0.15, 0.2) is 29.8 Å². The van der Waals surface area contributed by atoms with Crippen molar-refractivity contribution in [2.75, 3.05) is 0 Å². The highest BCUT2D eigenvalue weighted by Gasteiger charge is 2.59. The van der Waals surface area contributed by atoms with Gasteiger partial charge in [0.15, 0.2) is 0 Å². The number of nitriles is 1. The highest BCUT2D eigenvalue weighted by Crippen LogP contribution is 2.36. The van der Waals surface area contributed by atoms with Crippen molar-refractivity contribution in [3.63, 3.8) is 0 Å². The van der Waals surface area contributed by atoms with Gasteiger partial charge in [-0.3, -0.25) is 4.79 Å². The lowest BCUT2D eigenvalue weighted by molar-refractivity contribution is -0.304. The fraction of sp³-hybridized carbons (Fsp3) is 0.231. The van der Waals surface area contributed by atoms with Crippen LogP contribution in [0.1, 0.15) is 5.56 Å². The second kappa shape index (κ2) is 6.60. The molecule has 0 fully saturated rings. The molecular weight excluding hydrogens is 330 g/mol. The summed E-state index contributed by atoms with van der Waals surface area (Å²) in [6.45, 7) is 0. The predicted octanol–water partition coefficient (Wildman–Crippen LogP) is 2.95. The zero-order valence-corrected chi connectivity index (χ0v) is 11.1. The van der Waals surface area contributed by atoms with Crippen LogP contribution in [0.5, 0.6) is 5.75 Å². The summed E-state index contributed by atoms with van der Waals surface area (Å²) in [6.07, 6.45) is -14.4. The minimum Gasteiger partial charge on any atom is -0.430 e. The van der Waals surface area contributed by atoms with Crippen molar-refractivity contribution in [2.24, 2.45) is 5.73 Å². The van der Waals surface area contributed by atoms with Crippen LogP contribution in [0.3, 0.4) is 0 Å². The standard InChI is InChI=1S/C13H8F6N2O2/c14-11(12(15,16)17)13(18,19)23-9-3-1-7(2-4-9)5-8(6-20)10(21)22/h1-5,11H,(H2,21,22)/b8-5+/t11-/m1/s1. The van der Waals surface area contributed by atoms with E-state index in [1.165, 1.54) is 6.07 Å². The Morgan fingerprint density at radius 1 is 1.22 bits per heavy atom. The lowest BCUT2D eigenvalue weighted by Gasteiger charge is -2.23. The molecule has 0 saturated carbocycles. The normalized spacial score (nSPS) is 14.0. The number of primary amides is 1. The minimum absolute atomic E-state index is 0.170. The quantitative estimate of drug-likeness (QED) is 0.509. The summed E-state index contributed by atoms with van der Waals surface area (Å²) in [5, 5.41) is 8.61. The first-order valence-electron chi connectivity index (χ1n) is 5.76. The Morgan fingerprint density at radius 3 is 2.13 bits per heavy atom. The van der Waals surface area contributed by atoms with E-state index in [-0.39, 0.29) is 5.56 Å². The molecule has 0 aliphatic rings. The third kappa shape index (κ3) is 4.91. The van der Waals surface area contributed by atoms with E-state index < -0.39 is 35.7 Å². The third-order valence-electron chi connectivity index (χ3n) is 2.41. The van der Waals surface area contributed by atoms with Gasteiger partial charge in [0, 0.05) is 0 Å². The Kier molecular flexibility index (Phi) is 5.26. The molecule has 1 aromatic rings. The Balaban J connectivity index is 2.94. The van der Waals surface area contributed by atoms with E-state index in [1.807, 2.05) is 0 Å². The molecule has 0 saturated heterocycles. The van der Waals surface area contributed by atoms with Gasteiger partial charge in [0.25, 0.3) is 12.1 Å². The Morgan fingerprint density at radius 2 is 1.74 bits per heavy atom. The smallest absolute Gasteiger partial charge is 0.430 e. The van der Waals surface area contributed by atoms with Gasteiger partial charge in [-0.1, -0.05) is 12.1 Å². The molecule has 1 atom stereocenters. The van der Waals surface area contributed by atoms with Crippen LogP contribution < -0.4 is 10.5 Å². The SMILES string of the molecule is N#C/C(=C\c1ccc(OC(F)(F)[C@H](F)C(F)(F)F)cc1)C(N)=O. The van der Waals surface area contributed by atoms with Crippen LogP contribution in [0.2, 0.25) is 0 Å². The monoisotopic (exact) mass is 338 g/mol. The van der Waals surface area contributed by atoms with E-state index >= 15 is 0 Å².